The predicted molar refractivity (Wildman–Crippen MR) is 40.8 cm³/mol. The number of halogens is 3. The first kappa shape index (κ1) is 9.70. The van der Waals surface area contributed by atoms with Crippen molar-refractivity contribution in [2.24, 2.45) is 0 Å². The standard InChI is InChI=1S/C8H7F3NO/c1-12-6-2-4-7(5-3-6)13-8(9,10)11/h2-5H,1H3. The van der Waals surface area contributed by atoms with E-state index in [1.54, 1.807) is 7.05 Å². The maximum atomic E-state index is 11.7. The molecule has 0 fully saturated rings. The van der Waals surface area contributed by atoms with Gasteiger partial charge < -0.3 is 4.74 Å². The normalized spacial score (nSPS) is 11.1. The second-order valence-electron chi connectivity index (χ2n) is 2.27. The fourth-order valence-corrected chi connectivity index (χ4v) is 0.797. The highest BCUT2D eigenvalue weighted by atomic mass is 19.4. The van der Waals surface area contributed by atoms with E-state index < -0.39 is 6.36 Å². The van der Waals surface area contributed by atoms with Gasteiger partial charge in [-0.05, 0) is 24.3 Å². The molecule has 0 atom stereocenters. The summed E-state index contributed by atoms with van der Waals surface area (Å²) in [7, 11) is 1.56. The van der Waals surface area contributed by atoms with E-state index in [2.05, 4.69) is 10.1 Å². The zero-order valence-corrected chi connectivity index (χ0v) is 6.80. The third kappa shape index (κ3) is 3.23. The minimum Gasteiger partial charge on any atom is -0.406 e. The Kier molecular flexibility index (Phi) is 2.65. The molecule has 0 heterocycles. The SMILES string of the molecule is C[N]c1ccc(OC(F)(F)F)cc1. The van der Waals surface area contributed by atoms with Crippen LogP contribution in [0.25, 0.3) is 0 Å². The van der Waals surface area contributed by atoms with E-state index in [-0.39, 0.29) is 5.75 Å². The molecule has 0 aliphatic rings. The van der Waals surface area contributed by atoms with Crippen molar-refractivity contribution in [2.45, 2.75) is 6.36 Å². The molecular weight excluding hydrogens is 183 g/mol. The molecule has 13 heavy (non-hydrogen) atoms. The van der Waals surface area contributed by atoms with Crippen LogP contribution in [-0.4, -0.2) is 13.4 Å². The lowest BCUT2D eigenvalue weighted by atomic mass is 10.3. The van der Waals surface area contributed by atoms with E-state index in [4.69, 9.17) is 0 Å². The summed E-state index contributed by atoms with van der Waals surface area (Å²) in [5.74, 6) is -0.236. The molecule has 0 spiro atoms. The van der Waals surface area contributed by atoms with Crippen LogP contribution in [0.3, 0.4) is 0 Å². The van der Waals surface area contributed by atoms with Crippen molar-refractivity contribution >= 4 is 5.69 Å². The topological polar surface area (TPSA) is 23.3 Å². The van der Waals surface area contributed by atoms with E-state index in [1.165, 1.54) is 24.3 Å². The molecule has 0 aliphatic carbocycles. The van der Waals surface area contributed by atoms with Crippen LogP contribution >= 0.6 is 0 Å². The third-order valence-corrected chi connectivity index (χ3v) is 1.33. The highest BCUT2D eigenvalue weighted by Crippen LogP contribution is 2.23. The maximum Gasteiger partial charge on any atom is 0.573 e. The van der Waals surface area contributed by atoms with E-state index >= 15 is 0 Å². The summed E-state index contributed by atoms with van der Waals surface area (Å²) in [5.41, 5.74) is 0.606. The largest absolute Gasteiger partial charge is 0.573 e. The smallest absolute Gasteiger partial charge is 0.406 e. The molecule has 1 radical (unpaired) electrons. The molecule has 0 saturated carbocycles. The first-order valence-electron chi connectivity index (χ1n) is 3.47. The first-order valence-corrected chi connectivity index (χ1v) is 3.47. The summed E-state index contributed by atoms with van der Waals surface area (Å²) in [6.07, 6.45) is -4.63. The van der Waals surface area contributed by atoms with Crippen molar-refractivity contribution in [1.29, 1.82) is 0 Å². The fourth-order valence-electron chi connectivity index (χ4n) is 0.797. The lowest BCUT2D eigenvalue weighted by Crippen LogP contribution is -2.16. The summed E-state index contributed by atoms with van der Waals surface area (Å²) < 4.78 is 38.7. The Balaban J connectivity index is 2.70. The Morgan fingerprint density at radius 1 is 1.15 bits per heavy atom. The van der Waals surface area contributed by atoms with Gasteiger partial charge in [0.2, 0.25) is 0 Å². The van der Waals surface area contributed by atoms with Crippen molar-refractivity contribution in [3.63, 3.8) is 0 Å². The maximum absolute atomic E-state index is 11.7. The molecule has 1 aromatic carbocycles. The molecule has 0 unspecified atom stereocenters. The van der Waals surface area contributed by atoms with Gasteiger partial charge in [0.1, 0.15) is 5.75 Å². The molecule has 0 saturated heterocycles. The van der Waals surface area contributed by atoms with Crippen LogP contribution in [0, 0.1) is 0 Å². The summed E-state index contributed by atoms with van der Waals surface area (Å²) in [5, 5.41) is 3.77. The molecule has 0 N–H and O–H groups in total. The van der Waals surface area contributed by atoms with Crippen LogP contribution < -0.4 is 10.1 Å². The van der Waals surface area contributed by atoms with Crippen LogP contribution in [0.5, 0.6) is 5.75 Å². The van der Waals surface area contributed by atoms with Gasteiger partial charge in [0.25, 0.3) is 0 Å². The zero-order valence-electron chi connectivity index (χ0n) is 6.80. The van der Waals surface area contributed by atoms with Gasteiger partial charge in [-0.3, -0.25) is 5.32 Å². The van der Waals surface area contributed by atoms with Gasteiger partial charge in [0.05, 0.1) is 5.69 Å². The Morgan fingerprint density at radius 2 is 1.69 bits per heavy atom. The summed E-state index contributed by atoms with van der Waals surface area (Å²) in [4.78, 5) is 0. The Hall–Kier alpha value is -1.39. The average molecular weight is 190 g/mol. The number of rotatable bonds is 2. The number of hydrogen-bond acceptors (Lipinski definition) is 1. The molecule has 1 rings (SSSR count). The molecule has 2 nitrogen and oxygen atoms in total. The molecule has 5 heteroatoms. The van der Waals surface area contributed by atoms with Crippen molar-refractivity contribution in [2.75, 3.05) is 7.05 Å². The fraction of sp³-hybridized carbons (Fsp3) is 0.250. The van der Waals surface area contributed by atoms with Crippen LogP contribution in [0.2, 0.25) is 0 Å². The Labute approximate surface area is 73.3 Å². The second-order valence-corrected chi connectivity index (χ2v) is 2.27. The van der Waals surface area contributed by atoms with Crippen LogP contribution in [0.4, 0.5) is 18.9 Å². The van der Waals surface area contributed by atoms with E-state index in [1.807, 2.05) is 0 Å². The van der Waals surface area contributed by atoms with E-state index in [0.717, 1.165) is 0 Å². The van der Waals surface area contributed by atoms with Crippen molar-refractivity contribution in [3.8, 4) is 5.75 Å². The molecule has 0 aliphatic heterocycles. The van der Waals surface area contributed by atoms with Crippen LogP contribution in [-0.2, 0) is 0 Å². The number of alkyl halides is 3. The minimum absolute atomic E-state index is 0.236. The lowest BCUT2D eigenvalue weighted by molar-refractivity contribution is -0.274. The number of ether oxygens (including phenoxy) is 1. The first-order chi connectivity index (χ1) is 6.01. The highest BCUT2D eigenvalue weighted by molar-refractivity contribution is 5.40. The highest BCUT2D eigenvalue weighted by Gasteiger charge is 2.30. The number of hydrogen-bond donors (Lipinski definition) is 0. The predicted octanol–water partition coefficient (Wildman–Crippen LogP) is 2.45. The van der Waals surface area contributed by atoms with Gasteiger partial charge in [0, 0.05) is 7.05 Å². The van der Waals surface area contributed by atoms with Crippen molar-refractivity contribution in [1.82, 2.24) is 5.32 Å². The molecule has 0 aromatic heterocycles. The number of nitrogens with zero attached hydrogens (tertiary/aromatic N) is 1. The lowest BCUT2D eigenvalue weighted by Gasteiger charge is -2.08. The summed E-state index contributed by atoms with van der Waals surface area (Å²) >= 11 is 0. The zero-order chi connectivity index (χ0) is 9.90. The van der Waals surface area contributed by atoms with Gasteiger partial charge >= 0.3 is 6.36 Å². The monoisotopic (exact) mass is 190 g/mol. The van der Waals surface area contributed by atoms with Crippen LogP contribution in [0.15, 0.2) is 24.3 Å². The molecule has 0 amide bonds. The quantitative estimate of drug-likeness (QED) is 0.702. The van der Waals surface area contributed by atoms with Crippen LogP contribution in [0.1, 0.15) is 0 Å². The summed E-state index contributed by atoms with van der Waals surface area (Å²) in [6.45, 7) is 0. The van der Waals surface area contributed by atoms with E-state index in [0.29, 0.717) is 5.69 Å². The van der Waals surface area contributed by atoms with E-state index in [9.17, 15) is 13.2 Å². The Bertz CT molecular complexity index is 268. The minimum atomic E-state index is -4.63. The van der Waals surface area contributed by atoms with Gasteiger partial charge in [-0.2, -0.15) is 0 Å². The average Bonchev–Trinajstić information content (AvgIpc) is 2.03. The van der Waals surface area contributed by atoms with Gasteiger partial charge in [0.15, 0.2) is 0 Å². The summed E-state index contributed by atoms with van der Waals surface area (Å²) in [6, 6.07) is 5.33. The molecule has 71 valence electrons. The molecule has 1 aromatic rings. The van der Waals surface area contributed by atoms with Gasteiger partial charge in [-0.15, -0.1) is 13.2 Å². The van der Waals surface area contributed by atoms with Gasteiger partial charge in [-0.1, -0.05) is 0 Å². The third-order valence-electron chi connectivity index (χ3n) is 1.33. The molecular formula is C8H7F3NO. The van der Waals surface area contributed by atoms with Crippen molar-refractivity contribution < 1.29 is 17.9 Å². The molecule has 0 bridgehead atoms. The van der Waals surface area contributed by atoms with Crippen molar-refractivity contribution in [3.05, 3.63) is 24.3 Å². The number of benzene rings is 1. The Morgan fingerprint density at radius 3 is 2.08 bits per heavy atom. The van der Waals surface area contributed by atoms with Gasteiger partial charge in [-0.25, -0.2) is 0 Å². The second kappa shape index (κ2) is 3.55.